The zero-order valence-corrected chi connectivity index (χ0v) is 14.1. The number of ketones is 1. The molecule has 6 heteroatoms. The number of aromatic nitrogens is 2. The van der Waals surface area contributed by atoms with Crippen LogP contribution < -0.4 is 5.32 Å². The molecule has 2 aromatic carbocycles. The van der Waals surface area contributed by atoms with Crippen molar-refractivity contribution in [3.63, 3.8) is 0 Å². The molecule has 1 aromatic heterocycles. The number of hydrogen-bond donors (Lipinski definition) is 1. The lowest BCUT2D eigenvalue weighted by atomic mass is 10.0. The fourth-order valence-electron chi connectivity index (χ4n) is 2.35. The van der Waals surface area contributed by atoms with E-state index in [2.05, 4.69) is 15.5 Å². The topological polar surface area (TPSA) is 72.0 Å². The van der Waals surface area contributed by atoms with Crippen LogP contribution in [0.5, 0.6) is 0 Å². The van der Waals surface area contributed by atoms with Crippen LogP contribution in [0.25, 0.3) is 11.3 Å². The Morgan fingerprint density at radius 1 is 0.960 bits per heavy atom. The molecule has 0 fully saturated rings. The Labute approximate surface area is 149 Å². The van der Waals surface area contributed by atoms with Crippen molar-refractivity contribution in [2.75, 3.05) is 5.32 Å². The highest BCUT2D eigenvalue weighted by molar-refractivity contribution is 6.33. The number of rotatable bonds is 4. The normalized spacial score (nSPS) is 10.3. The zero-order valence-electron chi connectivity index (χ0n) is 13.4. The van der Waals surface area contributed by atoms with Crippen LogP contribution in [0.3, 0.4) is 0 Å². The van der Waals surface area contributed by atoms with E-state index in [4.69, 9.17) is 11.6 Å². The maximum Gasteiger partial charge on any atom is 0.221 e. The lowest BCUT2D eigenvalue weighted by molar-refractivity contribution is -0.114. The number of nitrogens with zero attached hydrogens (tertiary/aromatic N) is 2. The fraction of sp³-hybridized carbons (Fsp3) is 0.0526. The van der Waals surface area contributed by atoms with Crippen molar-refractivity contribution in [2.24, 2.45) is 0 Å². The van der Waals surface area contributed by atoms with E-state index in [1.54, 1.807) is 54.6 Å². The maximum absolute atomic E-state index is 12.6. The first-order valence-electron chi connectivity index (χ1n) is 7.55. The Bertz CT molecular complexity index is 925. The van der Waals surface area contributed by atoms with Crippen LogP contribution in [0.4, 0.5) is 5.69 Å². The predicted molar refractivity (Wildman–Crippen MR) is 96.7 cm³/mol. The third-order valence-corrected chi connectivity index (χ3v) is 3.81. The minimum absolute atomic E-state index is 0.0625. The van der Waals surface area contributed by atoms with Gasteiger partial charge in [-0.05, 0) is 18.2 Å². The molecule has 1 N–H and O–H groups in total. The molecule has 0 aliphatic heterocycles. The van der Waals surface area contributed by atoms with Gasteiger partial charge < -0.3 is 5.32 Å². The summed E-state index contributed by atoms with van der Waals surface area (Å²) in [5.74, 6) is -0.355. The molecule has 0 saturated carbocycles. The number of nitrogens with one attached hydrogen (secondary N) is 1. The van der Waals surface area contributed by atoms with Gasteiger partial charge in [0.2, 0.25) is 5.91 Å². The average molecular weight is 352 g/mol. The summed E-state index contributed by atoms with van der Waals surface area (Å²) in [5, 5.41) is 10.7. The standard InChI is InChI=1S/C19H14ClN3O2/c1-12(24)21-15-9-7-13(8-10-15)17-11-16(19(20)23-22-17)18(25)14-5-3-2-4-6-14/h2-11H,1H3,(H,21,24). The quantitative estimate of drug-likeness (QED) is 0.721. The van der Waals surface area contributed by atoms with Gasteiger partial charge in [-0.2, -0.15) is 0 Å². The summed E-state index contributed by atoms with van der Waals surface area (Å²) in [5.41, 5.74) is 2.80. The number of carbonyl (C=O) groups excluding carboxylic acids is 2. The predicted octanol–water partition coefficient (Wildman–Crippen LogP) is 3.99. The molecule has 0 bridgehead atoms. The molecule has 124 valence electrons. The van der Waals surface area contributed by atoms with E-state index in [0.29, 0.717) is 22.5 Å². The highest BCUT2D eigenvalue weighted by atomic mass is 35.5. The molecule has 0 saturated heterocycles. The Morgan fingerprint density at radius 3 is 2.28 bits per heavy atom. The zero-order chi connectivity index (χ0) is 17.8. The van der Waals surface area contributed by atoms with E-state index in [1.165, 1.54) is 6.92 Å². The van der Waals surface area contributed by atoms with Crippen molar-refractivity contribution in [2.45, 2.75) is 6.92 Å². The molecular weight excluding hydrogens is 338 g/mol. The van der Waals surface area contributed by atoms with Crippen LogP contribution >= 0.6 is 11.6 Å². The molecule has 0 radical (unpaired) electrons. The van der Waals surface area contributed by atoms with E-state index in [0.717, 1.165) is 5.56 Å². The molecule has 0 aliphatic rings. The molecule has 0 aliphatic carbocycles. The molecule has 3 rings (SSSR count). The minimum atomic E-state index is -0.211. The smallest absolute Gasteiger partial charge is 0.221 e. The first-order chi connectivity index (χ1) is 12.0. The van der Waals surface area contributed by atoms with Crippen LogP contribution in [0.15, 0.2) is 60.7 Å². The highest BCUT2D eigenvalue weighted by Gasteiger charge is 2.16. The average Bonchev–Trinajstić information content (AvgIpc) is 2.62. The molecule has 0 spiro atoms. The molecule has 0 atom stereocenters. The van der Waals surface area contributed by atoms with Gasteiger partial charge in [-0.15, -0.1) is 10.2 Å². The summed E-state index contributed by atoms with van der Waals surface area (Å²) in [4.78, 5) is 23.7. The number of amides is 1. The summed E-state index contributed by atoms with van der Waals surface area (Å²) in [6, 6.07) is 17.6. The molecule has 3 aromatic rings. The van der Waals surface area contributed by atoms with Crippen molar-refractivity contribution >= 4 is 29.0 Å². The van der Waals surface area contributed by atoms with Crippen molar-refractivity contribution in [1.82, 2.24) is 10.2 Å². The van der Waals surface area contributed by atoms with Gasteiger partial charge in [0.15, 0.2) is 10.9 Å². The van der Waals surface area contributed by atoms with Crippen LogP contribution in [0.2, 0.25) is 5.15 Å². The fourth-order valence-corrected chi connectivity index (χ4v) is 2.53. The van der Waals surface area contributed by atoms with Gasteiger partial charge in [0.25, 0.3) is 0 Å². The molecule has 5 nitrogen and oxygen atoms in total. The SMILES string of the molecule is CC(=O)Nc1ccc(-c2cc(C(=O)c3ccccc3)c(Cl)nn2)cc1. The number of benzene rings is 2. The number of carbonyl (C=O) groups is 2. The van der Waals surface area contributed by atoms with Crippen molar-refractivity contribution in [1.29, 1.82) is 0 Å². The molecule has 0 unspecified atom stereocenters. The largest absolute Gasteiger partial charge is 0.326 e. The van der Waals surface area contributed by atoms with Crippen LogP contribution in [-0.2, 0) is 4.79 Å². The van der Waals surface area contributed by atoms with Crippen LogP contribution in [-0.4, -0.2) is 21.9 Å². The van der Waals surface area contributed by atoms with Gasteiger partial charge >= 0.3 is 0 Å². The lowest BCUT2D eigenvalue weighted by Crippen LogP contribution is -2.06. The minimum Gasteiger partial charge on any atom is -0.326 e. The van der Waals surface area contributed by atoms with E-state index in [1.807, 2.05) is 6.07 Å². The van der Waals surface area contributed by atoms with Crippen molar-refractivity contribution < 1.29 is 9.59 Å². The van der Waals surface area contributed by atoms with Gasteiger partial charge in [-0.3, -0.25) is 9.59 Å². The highest BCUT2D eigenvalue weighted by Crippen LogP contribution is 2.24. The Balaban J connectivity index is 1.94. The van der Waals surface area contributed by atoms with Gasteiger partial charge in [-0.1, -0.05) is 54.1 Å². The second-order valence-corrected chi connectivity index (χ2v) is 5.75. The van der Waals surface area contributed by atoms with Gasteiger partial charge in [-0.25, -0.2) is 0 Å². The third kappa shape index (κ3) is 3.89. The second kappa shape index (κ2) is 7.23. The summed E-state index contributed by atoms with van der Waals surface area (Å²) in [7, 11) is 0. The van der Waals surface area contributed by atoms with Crippen molar-refractivity contribution in [3.8, 4) is 11.3 Å². The van der Waals surface area contributed by atoms with Gasteiger partial charge in [0.1, 0.15) is 0 Å². The monoisotopic (exact) mass is 351 g/mol. The summed E-state index contributed by atoms with van der Waals surface area (Å²) in [6.45, 7) is 1.44. The summed E-state index contributed by atoms with van der Waals surface area (Å²) in [6.07, 6.45) is 0. The molecule has 25 heavy (non-hydrogen) atoms. The van der Waals surface area contributed by atoms with E-state index in [-0.39, 0.29) is 16.8 Å². The second-order valence-electron chi connectivity index (χ2n) is 5.39. The van der Waals surface area contributed by atoms with E-state index >= 15 is 0 Å². The van der Waals surface area contributed by atoms with E-state index in [9.17, 15) is 9.59 Å². The first kappa shape index (κ1) is 16.8. The van der Waals surface area contributed by atoms with E-state index < -0.39 is 0 Å². The number of hydrogen-bond acceptors (Lipinski definition) is 4. The van der Waals surface area contributed by atoms with Gasteiger partial charge in [0.05, 0.1) is 11.3 Å². The Morgan fingerprint density at radius 2 is 1.64 bits per heavy atom. The molecule has 1 amide bonds. The van der Waals surface area contributed by atoms with Gasteiger partial charge in [0, 0.05) is 23.7 Å². The number of anilines is 1. The van der Waals surface area contributed by atoms with Crippen LogP contribution in [0.1, 0.15) is 22.8 Å². The lowest BCUT2D eigenvalue weighted by Gasteiger charge is -2.07. The maximum atomic E-state index is 12.6. The third-order valence-electron chi connectivity index (χ3n) is 3.53. The summed E-state index contributed by atoms with van der Waals surface area (Å²) >= 11 is 6.07. The Kier molecular flexibility index (Phi) is 4.86. The molecule has 1 heterocycles. The molecular formula is C19H14ClN3O2. The number of halogens is 1. The van der Waals surface area contributed by atoms with Crippen LogP contribution in [0, 0.1) is 0 Å². The summed E-state index contributed by atoms with van der Waals surface area (Å²) < 4.78 is 0. The first-order valence-corrected chi connectivity index (χ1v) is 7.93. The Hall–Kier alpha value is -3.05. The van der Waals surface area contributed by atoms with Crippen molar-refractivity contribution in [3.05, 3.63) is 76.9 Å².